The van der Waals surface area contributed by atoms with Gasteiger partial charge in [-0.15, -0.1) is 10.2 Å². The molecule has 1 aliphatic rings. The summed E-state index contributed by atoms with van der Waals surface area (Å²) in [4.78, 5) is 41.4. The number of benzene rings is 5. The zero-order valence-corrected chi connectivity index (χ0v) is 63.7. The first kappa shape index (κ1) is 81.7. The number of carbonyl (C=O) groups excluding carboxylic acids is 1. The number of nitrogens with zero attached hydrogens (tertiary/aromatic N) is 9. The number of Topliss-reactive ketones (excluding diaryl/α,β-unsaturated/α-hetero) is 1. The molecule has 0 radical (unpaired) electrons. The van der Waals surface area contributed by atoms with Crippen LogP contribution in [-0.2, 0) is 60.7 Å². The van der Waals surface area contributed by atoms with Crippen molar-refractivity contribution >= 4 is 147 Å². The number of azo groups is 1. The van der Waals surface area contributed by atoms with Gasteiger partial charge < -0.3 is 43.0 Å². The Balaban J connectivity index is 0.00000440. The van der Waals surface area contributed by atoms with Crippen LogP contribution in [0, 0.1) is 0 Å². The normalized spacial score (nSPS) is 14.1. The molecule has 0 spiro atoms. The second-order valence-corrected chi connectivity index (χ2v) is 24.7. The summed E-state index contributed by atoms with van der Waals surface area (Å²) in [5, 5.41) is 9.94. The van der Waals surface area contributed by atoms with Gasteiger partial charge in [0.05, 0.1) is 69.1 Å². The minimum Gasteiger partial charge on any atom is -0.744 e. The summed E-state index contributed by atoms with van der Waals surface area (Å²) in [7, 11) is -32.6. The number of nitrogens with two attached hydrogens (primary N) is 1. The molecule has 8 rings (SSSR count). The predicted octanol–water partition coefficient (Wildman–Crippen LogP) is -16.9. The largest absolute Gasteiger partial charge is 1.00 e. The quantitative estimate of drug-likeness (QED) is 0.0194. The van der Waals surface area contributed by atoms with Crippen molar-refractivity contribution in [3.05, 3.63) is 140 Å². The van der Waals surface area contributed by atoms with Crippen LogP contribution in [0.1, 0.15) is 15.9 Å². The van der Waals surface area contributed by atoms with E-state index in [9.17, 15) is 82.6 Å². The Labute approximate surface area is 638 Å². The number of ketones is 1. The molecule has 0 bridgehead atoms. The van der Waals surface area contributed by atoms with Crippen molar-refractivity contribution in [2.24, 2.45) is 35.3 Å². The molecule has 7 N–H and O–H groups in total. The number of hydrogen-bond acceptors (Lipinski definition) is 30. The maximum absolute atomic E-state index is 14.2. The molecule has 0 atom stereocenters. The number of hydrogen-bond donors (Lipinski definition) is 6. The van der Waals surface area contributed by atoms with Gasteiger partial charge >= 0.3 is 177 Å². The molecule has 34 nitrogen and oxygen atoms in total. The van der Waals surface area contributed by atoms with Gasteiger partial charge in [-0.2, -0.15) is 15.1 Å². The Bertz CT molecular complexity index is 5080. The van der Waals surface area contributed by atoms with Crippen molar-refractivity contribution in [1.29, 1.82) is 0 Å². The van der Waals surface area contributed by atoms with Crippen LogP contribution in [0.5, 0.6) is 0 Å². The van der Waals surface area contributed by atoms with Crippen molar-refractivity contribution in [3.63, 3.8) is 0 Å². The number of hydrazone groups is 1. The smallest absolute Gasteiger partial charge is 0.744 e. The van der Waals surface area contributed by atoms with E-state index in [0.29, 0.717) is 24.3 Å². The maximum atomic E-state index is 14.2. The van der Waals surface area contributed by atoms with Gasteiger partial charge in [-0.3, -0.25) is 20.2 Å². The number of anilines is 2. The summed E-state index contributed by atoms with van der Waals surface area (Å²) in [5.74, 6) is -1.66. The number of nitrogen functional groups attached to an aromatic ring is 1. The average Bonchev–Trinajstić information content (AvgIpc) is 0.799. The summed E-state index contributed by atoms with van der Waals surface area (Å²) < 4.78 is 220. The van der Waals surface area contributed by atoms with Crippen molar-refractivity contribution in [1.82, 2.24) is 29.9 Å². The molecule has 0 saturated carbocycles. The van der Waals surface area contributed by atoms with E-state index < -0.39 is 146 Å². The Morgan fingerprint density at radius 1 is 0.489 bits per heavy atom. The fourth-order valence-corrected chi connectivity index (χ4v) is 10.9. The molecule has 88 heavy (non-hydrogen) atoms. The van der Waals surface area contributed by atoms with E-state index in [1.165, 1.54) is 24.3 Å². The Morgan fingerprint density at radius 3 is 1.38 bits per heavy atom. The molecule has 2 aromatic heterocycles. The van der Waals surface area contributed by atoms with Crippen LogP contribution in [-0.4, -0.2) is 119 Å². The average molecular weight is 1420 g/mol. The third-order valence-corrected chi connectivity index (χ3v) is 15.8. The zero-order valence-electron chi connectivity index (χ0n) is 45.3. The molecule has 5 aromatic carbocycles. The summed E-state index contributed by atoms with van der Waals surface area (Å²) in [6.45, 7) is 0. The summed E-state index contributed by atoms with van der Waals surface area (Å²) >= 11 is 12.1. The predicted molar refractivity (Wildman–Crippen MR) is 270 cm³/mol. The van der Waals surface area contributed by atoms with Crippen molar-refractivity contribution in [3.8, 4) is 0 Å². The molecule has 48 heteroatoms. The van der Waals surface area contributed by atoms with Crippen LogP contribution in [0.25, 0.3) is 6.08 Å². The molecule has 0 saturated heterocycles. The number of H-pyrrole nitrogens is 4. The van der Waals surface area contributed by atoms with Gasteiger partial charge in [-0.1, -0.05) is 12.1 Å². The second-order valence-electron chi connectivity index (χ2n) is 15.9. The fourth-order valence-electron chi connectivity index (χ4n) is 6.95. The van der Waals surface area contributed by atoms with Gasteiger partial charge in [-0.25, -0.2) is 70.5 Å². The van der Waals surface area contributed by atoms with Gasteiger partial charge in [0.1, 0.15) is 77.8 Å². The third-order valence-electron chi connectivity index (χ3n) is 10.3. The van der Waals surface area contributed by atoms with E-state index in [4.69, 9.17) is 28.9 Å². The first-order valence-electron chi connectivity index (χ1n) is 21.1. The molecule has 0 aliphatic heterocycles. The standard InChI is InChI=1S/C40H29Cl2N15O19S6.6Na/c41-35-48-37(44-18-3-1-5-22(13-18)77(59,60)61)52-39(50-35)46-20-7-9-24(26(15-20)79(65,66)67)54-56-32-28(81(71,72)73)11-17-12-29(82(74,75)76)33(34(58)30(17)31(32)43)57-55-25-10-8-21(16-27(25)80(68,69)70)47-40-51-36(42)49-38(53-40)45-19-4-2-6-23(14-19)78(62,63)64;;;;;;/h1-16,55H,43H2,(H,59,60,61)(H,62,63,64)(H,65,66,67)(H,68,69,70)(H,71,72,73)(H,74,75,76)(H2,44,46,48,50,52)(H2,45,47,49,51,53);;;;;;/q;6*+1/p-6. The van der Waals surface area contributed by atoms with Crippen molar-refractivity contribution < 1.29 is 260 Å². The Morgan fingerprint density at radius 2 is 0.932 bits per heavy atom. The summed E-state index contributed by atoms with van der Waals surface area (Å²) in [6, 6.07) is 14.0. The number of rotatable bonds is 14. The molecule has 7 aromatic rings. The van der Waals surface area contributed by atoms with Crippen molar-refractivity contribution in [2.75, 3.05) is 11.2 Å². The summed E-state index contributed by atoms with van der Waals surface area (Å²) in [6.07, 6.45) is 0.347. The van der Waals surface area contributed by atoms with Crippen LogP contribution in [0.3, 0.4) is 0 Å². The topological polar surface area (TPSA) is 574 Å². The SMILES string of the molecule is Nc1c(N=Nc2ccc(N=c3[nH]c(Cl)nc(=Nc4cccc(S(=O)(=O)[O-])c4)[nH]3)cc2S(=O)(=O)[O-])c(S(=O)(=O)[O-])cc2c1C(=O)C(=NNc1ccc(N=c3[nH]c(Cl)nc(=Nc4cccc(S(=O)(=O)[O-])c4)[nH]3)cc1S(=O)(=O)[O-])C(S(=O)(=O)[O-])=C2.[Na+].[Na+].[Na+].[Na+].[Na+].[Na+]. The van der Waals surface area contributed by atoms with E-state index >= 15 is 0 Å². The van der Waals surface area contributed by atoms with Gasteiger partial charge in [0.2, 0.25) is 38.8 Å². The van der Waals surface area contributed by atoms with E-state index in [-0.39, 0.29) is 223 Å². The van der Waals surface area contributed by atoms with Crippen LogP contribution in [0.2, 0.25) is 10.6 Å². The molecule has 0 fully saturated rings. The number of aromatic nitrogens is 6. The van der Waals surface area contributed by atoms with Gasteiger partial charge in [0.15, 0.2) is 0 Å². The van der Waals surface area contributed by atoms with Crippen LogP contribution in [0.15, 0.2) is 156 Å². The minimum atomic E-state index is -5.85. The Hall–Kier alpha value is -2.36. The fraction of sp³-hybridized carbons (Fsp3) is 0. The Kier molecular flexibility index (Phi) is 29.9. The summed E-state index contributed by atoms with van der Waals surface area (Å²) in [5.41, 5.74) is -1.31. The van der Waals surface area contributed by atoms with E-state index in [0.717, 1.165) is 48.5 Å². The van der Waals surface area contributed by atoms with E-state index in [2.05, 4.69) is 65.2 Å². The molecule has 0 amide bonds. The number of fused-ring (bicyclic) bond motifs is 1. The van der Waals surface area contributed by atoms with Gasteiger partial charge in [-0.05, 0) is 114 Å². The monoisotopic (exact) mass is 1420 g/mol. The first-order chi connectivity index (χ1) is 38.0. The second kappa shape index (κ2) is 32.2. The van der Waals surface area contributed by atoms with Gasteiger partial charge in [0, 0.05) is 0 Å². The van der Waals surface area contributed by atoms with Crippen LogP contribution in [0.4, 0.5) is 45.5 Å². The number of carbonyl (C=O) groups is 1. The minimum absolute atomic E-state index is 0. The number of aromatic amines is 4. The van der Waals surface area contributed by atoms with E-state index in [1.807, 2.05) is 5.43 Å². The maximum Gasteiger partial charge on any atom is 1.00 e. The molecular weight excluding hydrogens is 1400 g/mol. The van der Waals surface area contributed by atoms with Crippen molar-refractivity contribution in [2.45, 2.75) is 24.5 Å². The van der Waals surface area contributed by atoms with E-state index in [1.54, 1.807) is 0 Å². The molecule has 0 unspecified atom stereocenters. The molecule has 428 valence electrons. The number of halogens is 2. The first-order valence-corrected chi connectivity index (χ1v) is 30.4. The third kappa shape index (κ3) is 20.8. The molecule has 2 heterocycles. The van der Waals surface area contributed by atoms with Crippen LogP contribution < -0.4 is 211 Å². The molecule has 1 aliphatic carbocycles. The van der Waals surface area contributed by atoms with Crippen LogP contribution >= 0.6 is 23.2 Å². The molecular formula is C40H23Cl2N15Na6O19S6. The number of nitrogens with one attached hydrogen (secondary N) is 5. The van der Waals surface area contributed by atoms with Gasteiger partial charge in [0.25, 0.3) is 0 Å². The number of allylic oxidation sites excluding steroid dienone is 1. The zero-order chi connectivity index (χ0) is 60.1.